The lowest BCUT2D eigenvalue weighted by molar-refractivity contribution is 0.101. The summed E-state index contributed by atoms with van der Waals surface area (Å²) in [5.74, 6) is 0. The van der Waals surface area contributed by atoms with Gasteiger partial charge in [0.15, 0.2) is 0 Å². The quantitative estimate of drug-likeness (QED) is 0.327. The van der Waals surface area contributed by atoms with Gasteiger partial charge in [-0.1, -0.05) is 28.4 Å². The van der Waals surface area contributed by atoms with Gasteiger partial charge >= 0.3 is 0 Å². The predicted molar refractivity (Wildman–Crippen MR) is 30.7 cm³/mol. The van der Waals surface area contributed by atoms with Crippen molar-refractivity contribution in [3.05, 3.63) is 0 Å². The molecule has 0 aromatic carbocycles. The van der Waals surface area contributed by atoms with Gasteiger partial charge in [-0.15, -0.1) is 0 Å². The average molecular weight is 142 g/mol. The van der Waals surface area contributed by atoms with Crippen molar-refractivity contribution in [3.8, 4) is 0 Å². The summed E-state index contributed by atoms with van der Waals surface area (Å²) in [4.78, 5) is 4.27. The Morgan fingerprint density at radius 2 is 2.14 bits per heavy atom. The van der Waals surface area contributed by atoms with Crippen molar-refractivity contribution in [2.75, 3.05) is 0 Å². The molecular weight excluding hydrogens is 137 g/mol. The fraction of sp³-hybridized carbons (Fsp3) is 0.667. The zero-order valence-electron chi connectivity index (χ0n) is 3.82. The van der Waals surface area contributed by atoms with Gasteiger partial charge in [-0.25, -0.2) is 0 Å². The highest BCUT2D eigenvalue weighted by atomic mass is 35.5. The van der Waals surface area contributed by atoms with Crippen LogP contribution in [0.2, 0.25) is 0 Å². The van der Waals surface area contributed by atoms with E-state index in [0.29, 0.717) is 0 Å². The monoisotopic (exact) mass is 141 g/mol. The van der Waals surface area contributed by atoms with Crippen LogP contribution >= 0.6 is 23.2 Å². The first-order chi connectivity index (χ1) is 3.06. The summed E-state index contributed by atoms with van der Waals surface area (Å²) in [5.41, 5.74) is 0. The summed E-state index contributed by atoms with van der Waals surface area (Å²) in [6, 6.07) is 0. The van der Waals surface area contributed by atoms with Gasteiger partial charge in [0.05, 0.1) is 0 Å². The first kappa shape index (κ1) is 7.05. The van der Waals surface area contributed by atoms with E-state index >= 15 is 0 Å². The molecule has 0 N–H and O–H groups in total. The molecule has 0 atom stereocenters. The van der Waals surface area contributed by atoms with Crippen LogP contribution < -0.4 is 0 Å². The summed E-state index contributed by atoms with van der Waals surface area (Å²) < 4.78 is -1.23. The highest BCUT2D eigenvalue weighted by Gasteiger charge is 2.15. The molecule has 7 heavy (non-hydrogen) atoms. The van der Waals surface area contributed by atoms with Gasteiger partial charge in [0.1, 0.15) is 0 Å². The minimum absolute atomic E-state index is 1.23. The van der Waals surface area contributed by atoms with E-state index in [-0.39, 0.29) is 0 Å². The lowest BCUT2D eigenvalue weighted by Gasteiger charge is -2.07. The Kier molecular flexibility index (Phi) is 2.40. The Morgan fingerprint density at radius 3 is 2.14 bits per heavy atom. The zero-order chi connectivity index (χ0) is 5.91. The number of rotatable bonds is 2. The number of hydrogen-bond donors (Lipinski definition) is 0. The van der Waals surface area contributed by atoms with Crippen LogP contribution in [0.1, 0.15) is 6.92 Å². The maximum atomic E-state index is 5.24. The van der Waals surface area contributed by atoms with Crippen LogP contribution in [0.25, 0.3) is 0 Å². The standard InChI is InChI=1S/C3H5Cl2NO/c1-3(4,5)7-6-2/h2H2,1H3. The van der Waals surface area contributed by atoms with Crippen LogP contribution in [0, 0.1) is 0 Å². The van der Waals surface area contributed by atoms with Crippen LogP contribution in [0.3, 0.4) is 0 Å². The molecular formula is C3H5Cl2NO. The highest BCUT2D eigenvalue weighted by Crippen LogP contribution is 2.20. The molecule has 0 amide bonds. The third-order valence-electron chi connectivity index (χ3n) is 0.225. The van der Waals surface area contributed by atoms with E-state index in [2.05, 4.69) is 16.7 Å². The number of alkyl halides is 2. The normalized spacial score (nSPS) is 10.7. The van der Waals surface area contributed by atoms with Crippen molar-refractivity contribution in [2.24, 2.45) is 5.16 Å². The first-order valence-corrected chi connectivity index (χ1v) is 2.34. The van der Waals surface area contributed by atoms with E-state index in [1.807, 2.05) is 0 Å². The molecule has 0 aliphatic carbocycles. The fourth-order valence-electron chi connectivity index (χ4n) is 0.113. The lowest BCUT2D eigenvalue weighted by Crippen LogP contribution is -2.06. The first-order valence-electron chi connectivity index (χ1n) is 1.58. The SMILES string of the molecule is C=NOC(C)(Cl)Cl. The van der Waals surface area contributed by atoms with Crippen molar-refractivity contribution in [1.82, 2.24) is 0 Å². The molecule has 0 unspecified atom stereocenters. The second-order valence-electron chi connectivity index (χ2n) is 1.03. The van der Waals surface area contributed by atoms with Gasteiger partial charge in [0.25, 0.3) is 4.52 Å². The molecule has 0 spiro atoms. The van der Waals surface area contributed by atoms with Crippen molar-refractivity contribution in [1.29, 1.82) is 0 Å². The van der Waals surface area contributed by atoms with Crippen molar-refractivity contribution < 1.29 is 4.84 Å². The lowest BCUT2D eigenvalue weighted by atomic mass is 10.9. The Morgan fingerprint density at radius 1 is 1.71 bits per heavy atom. The Balaban J connectivity index is 3.34. The van der Waals surface area contributed by atoms with E-state index in [1.54, 1.807) is 0 Å². The van der Waals surface area contributed by atoms with E-state index in [4.69, 9.17) is 23.2 Å². The second kappa shape index (κ2) is 2.38. The molecule has 4 heteroatoms. The Hall–Kier alpha value is 0.0500. The molecule has 0 fully saturated rings. The molecule has 0 aliphatic heterocycles. The summed E-state index contributed by atoms with van der Waals surface area (Å²) in [7, 11) is 0. The maximum Gasteiger partial charge on any atom is 0.281 e. The third-order valence-corrected chi connectivity index (χ3v) is 0.363. The van der Waals surface area contributed by atoms with Gasteiger partial charge in [0.2, 0.25) is 0 Å². The van der Waals surface area contributed by atoms with Crippen LogP contribution in [0.4, 0.5) is 0 Å². The number of oxime groups is 1. The Labute approximate surface area is 52.0 Å². The summed E-state index contributed by atoms with van der Waals surface area (Å²) >= 11 is 10.5. The molecule has 0 bridgehead atoms. The highest BCUT2D eigenvalue weighted by molar-refractivity contribution is 6.46. The number of halogens is 2. The van der Waals surface area contributed by atoms with Crippen LogP contribution in [-0.4, -0.2) is 11.2 Å². The van der Waals surface area contributed by atoms with E-state index in [1.165, 1.54) is 6.92 Å². The third kappa shape index (κ3) is 6.05. The molecule has 0 saturated carbocycles. The van der Waals surface area contributed by atoms with Gasteiger partial charge in [-0.2, -0.15) is 0 Å². The minimum Gasteiger partial charge on any atom is -0.357 e. The van der Waals surface area contributed by atoms with Crippen molar-refractivity contribution in [2.45, 2.75) is 11.4 Å². The fourth-order valence-corrected chi connectivity index (χ4v) is 0.211. The summed E-state index contributed by atoms with van der Waals surface area (Å²) in [6.45, 7) is 4.45. The summed E-state index contributed by atoms with van der Waals surface area (Å²) in [6.07, 6.45) is 0. The number of nitrogens with zero attached hydrogens (tertiary/aromatic N) is 1. The predicted octanol–water partition coefficient (Wildman–Crippen LogP) is 1.77. The van der Waals surface area contributed by atoms with Crippen LogP contribution in [0.5, 0.6) is 0 Å². The summed E-state index contributed by atoms with van der Waals surface area (Å²) in [5, 5.41) is 2.99. The smallest absolute Gasteiger partial charge is 0.281 e. The molecule has 0 aliphatic rings. The van der Waals surface area contributed by atoms with Gasteiger partial charge in [0, 0.05) is 13.6 Å². The van der Waals surface area contributed by atoms with Crippen molar-refractivity contribution >= 4 is 29.9 Å². The van der Waals surface area contributed by atoms with Gasteiger partial charge in [-0.3, -0.25) is 0 Å². The molecule has 0 saturated heterocycles. The van der Waals surface area contributed by atoms with E-state index < -0.39 is 4.52 Å². The Bertz CT molecular complexity index is 67.8. The molecule has 0 aromatic heterocycles. The second-order valence-corrected chi connectivity index (χ2v) is 2.66. The topological polar surface area (TPSA) is 21.6 Å². The van der Waals surface area contributed by atoms with Crippen LogP contribution in [-0.2, 0) is 4.84 Å². The average Bonchev–Trinajstić information content (AvgIpc) is 1.30. The largest absolute Gasteiger partial charge is 0.357 e. The van der Waals surface area contributed by atoms with Gasteiger partial charge < -0.3 is 4.84 Å². The van der Waals surface area contributed by atoms with Crippen LogP contribution in [0.15, 0.2) is 5.16 Å². The molecule has 0 heterocycles. The number of hydrogen-bond acceptors (Lipinski definition) is 2. The molecule has 0 aromatic rings. The molecule has 0 rings (SSSR count). The van der Waals surface area contributed by atoms with Crippen molar-refractivity contribution in [3.63, 3.8) is 0 Å². The van der Waals surface area contributed by atoms with Gasteiger partial charge in [-0.05, 0) is 0 Å². The zero-order valence-corrected chi connectivity index (χ0v) is 5.33. The van der Waals surface area contributed by atoms with E-state index in [9.17, 15) is 0 Å². The van der Waals surface area contributed by atoms with E-state index in [0.717, 1.165) is 0 Å². The maximum absolute atomic E-state index is 5.24. The minimum atomic E-state index is -1.23. The molecule has 42 valence electrons. The molecule has 2 nitrogen and oxygen atoms in total. The molecule has 0 radical (unpaired) electrons.